The van der Waals surface area contributed by atoms with Crippen molar-refractivity contribution in [1.29, 1.82) is 5.26 Å². The van der Waals surface area contributed by atoms with E-state index in [0.29, 0.717) is 22.4 Å². The topological polar surface area (TPSA) is 121 Å². The number of hydrogen-bond acceptors (Lipinski definition) is 6. The molecule has 1 aromatic heterocycles. The highest BCUT2D eigenvalue weighted by Crippen LogP contribution is 2.22. The first-order valence-corrected chi connectivity index (χ1v) is 10.8. The third-order valence-electron chi connectivity index (χ3n) is 4.23. The van der Waals surface area contributed by atoms with Crippen molar-refractivity contribution < 1.29 is 17.9 Å². The number of halogens is 1. The fraction of sp³-hybridized carbons (Fsp3) is 0.0952. The molecule has 0 aliphatic rings. The molecule has 0 aliphatic heterocycles. The first-order chi connectivity index (χ1) is 14.8. The molecule has 0 radical (unpaired) electrons. The lowest BCUT2D eigenvalue weighted by Crippen LogP contribution is -2.23. The van der Waals surface area contributed by atoms with Crippen molar-refractivity contribution in [3.05, 3.63) is 82.5 Å². The maximum atomic E-state index is 12.4. The predicted molar refractivity (Wildman–Crippen MR) is 114 cm³/mol. The van der Waals surface area contributed by atoms with Crippen LogP contribution in [0.3, 0.4) is 0 Å². The Kier molecular flexibility index (Phi) is 6.87. The number of nitrogens with one attached hydrogen (secondary N) is 2. The molecular weight excluding hydrogens is 440 g/mol. The van der Waals surface area contributed by atoms with Crippen molar-refractivity contribution in [2.75, 3.05) is 7.05 Å². The second kappa shape index (κ2) is 9.57. The molecule has 0 unspecified atom stereocenters. The van der Waals surface area contributed by atoms with E-state index in [-0.39, 0.29) is 28.3 Å². The van der Waals surface area contributed by atoms with Crippen molar-refractivity contribution >= 4 is 27.5 Å². The summed E-state index contributed by atoms with van der Waals surface area (Å²) in [5, 5.41) is 11.9. The molecule has 3 rings (SSSR count). The highest BCUT2D eigenvalue weighted by atomic mass is 35.5. The smallest absolute Gasteiger partial charge is 0.253 e. The number of nitrogens with zero attached hydrogens (tertiary/aromatic N) is 2. The molecule has 3 aromatic rings. The van der Waals surface area contributed by atoms with Gasteiger partial charge in [0.15, 0.2) is 0 Å². The second-order valence-electron chi connectivity index (χ2n) is 6.27. The van der Waals surface area contributed by atoms with Gasteiger partial charge in [-0.15, -0.1) is 0 Å². The maximum absolute atomic E-state index is 12.4. The van der Waals surface area contributed by atoms with Gasteiger partial charge in [-0.1, -0.05) is 23.7 Å². The molecule has 1 amide bonds. The molecule has 0 spiro atoms. The molecule has 0 saturated carbocycles. The molecule has 0 saturated heterocycles. The number of carbonyl (C=O) groups is 1. The van der Waals surface area contributed by atoms with E-state index in [1.54, 1.807) is 36.4 Å². The Balaban J connectivity index is 1.63. The molecule has 10 heteroatoms. The summed E-state index contributed by atoms with van der Waals surface area (Å²) in [6.45, 7) is 0.108. The van der Waals surface area contributed by atoms with Gasteiger partial charge < -0.3 is 10.1 Å². The zero-order valence-electron chi connectivity index (χ0n) is 16.3. The van der Waals surface area contributed by atoms with Gasteiger partial charge in [-0.2, -0.15) is 5.26 Å². The SMILES string of the molecule is CNS(=O)(=O)c1ccc(CNC(=O)c2ccc(Oc3cccc(C#N)c3)nc2)c(Cl)c1. The molecular formula is C21H17ClN4O4S. The first kappa shape index (κ1) is 22.2. The lowest BCUT2D eigenvalue weighted by molar-refractivity contribution is 0.0950. The van der Waals surface area contributed by atoms with Crippen molar-refractivity contribution in [3.8, 4) is 17.7 Å². The number of carbonyl (C=O) groups excluding carboxylic acids is 1. The van der Waals surface area contributed by atoms with Gasteiger partial charge in [0, 0.05) is 23.8 Å². The zero-order chi connectivity index (χ0) is 22.4. The number of hydrogen-bond donors (Lipinski definition) is 2. The van der Waals surface area contributed by atoms with Gasteiger partial charge in [0.05, 0.1) is 22.1 Å². The molecule has 0 bridgehead atoms. The van der Waals surface area contributed by atoms with Crippen LogP contribution in [0.1, 0.15) is 21.5 Å². The van der Waals surface area contributed by atoms with E-state index >= 15 is 0 Å². The van der Waals surface area contributed by atoms with E-state index in [1.165, 1.54) is 31.4 Å². The standard InChI is InChI=1S/C21H17ClN4O4S/c1-24-31(28,29)18-7-5-15(19(22)10-18)12-26-21(27)16-6-8-20(25-13-16)30-17-4-2-3-14(9-17)11-23/h2-10,13,24H,12H2,1H3,(H,26,27). The Labute approximate surface area is 184 Å². The van der Waals surface area contributed by atoms with Gasteiger partial charge in [-0.3, -0.25) is 4.79 Å². The predicted octanol–water partition coefficient (Wildman–Crippen LogP) is 3.24. The molecule has 2 N–H and O–H groups in total. The van der Waals surface area contributed by atoms with Crippen molar-refractivity contribution in [2.24, 2.45) is 0 Å². The summed E-state index contributed by atoms with van der Waals surface area (Å²) in [6, 6.07) is 16.0. The van der Waals surface area contributed by atoms with Crippen LogP contribution >= 0.6 is 11.6 Å². The molecule has 1 heterocycles. The Morgan fingerprint density at radius 1 is 1.19 bits per heavy atom. The van der Waals surface area contributed by atoms with Crippen LogP contribution in [0.15, 0.2) is 65.7 Å². The van der Waals surface area contributed by atoms with E-state index in [1.807, 2.05) is 6.07 Å². The average Bonchev–Trinajstić information content (AvgIpc) is 2.78. The number of sulfonamides is 1. The fourth-order valence-corrected chi connectivity index (χ4v) is 3.63. The normalized spacial score (nSPS) is 10.9. The summed E-state index contributed by atoms with van der Waals surface area (Å²) >= 11 is 6.15. The summed E-state index contributed by atoms with van der Waals surface area (Å²) < 4.78 is 31.4. The molecule has 0 fully saturated rings. The van der Waals surface area contributed by atoms with Gasteiger partial charge >= 0.3 is 0 Å². The lowest BCUT2D eigenvalue weighted by atomic mass is 10.2. The van der Waals surface area contributed by atoms with Crippen LogP contribution in [0.2, 0.25) is 5.02 Å². The monoisotopic (exact) mass is 456 g/mol. The highest BCUT2D eigenvalue weighted by Gasteiger charge is 2.14. The molecule has 0 aliphatic carbocycles. The molecule has 8 nitrogen and oxygen atoms in total. The number of pyridine rings is 1. The van der Waals surface area contributed by atoms with Gasteiger partial charge in [-0.25, -0.2) is 18.1 Å². The van der Waals surface area contributed by atoms with Crippen LogP contribution in [-0.2, 0) is 16.6 Å². The first-order valence-electron chi connectivity index (χ1n) is 8.96. The van der Waals surface area contributed by atoms with Crippen molar-refractivity contribution in [1.82, 2.24) is 15.0 Å². The van der Waals surface area contributed by atoms with Gasteiger partial charge in [0.25, 0.3) is 5.91 Å². The summed E-state index contributed by atoms with van der Waals surface area (Å²) in [7, 11) is -2.29. The minimum atomic E-state index is -3.60. The Bertz CT molecular complexity index is 1260. The Morgan fingerprint density at radius 2 is 2.00 bits per heavy atom. The largest absolute Gasteiger partial charge is 0.439 e. The Morgan fingerprint density at radius 3 is 2.65 bits per heavy atom. The number of ether oxygens (including phenoxy) is 1. The van der Waals surface area contributed by atoms with Gasteiger partial charge in [-0.05, 0) is 49.0 Å². The fourth-order valence-electron chi connectivity index (χ4n) is 2.56. The summed E-state index contributed by atoms with van der Waals surface area (Å²) in [5.41, 5.74) is 1.34. The van der Waals surface area contributed by atoms with Crippen molar-refractivity contribution in [2.45, 2.75) is 11.4 Å². The van der Waals surface area contributed by atoms with E-state index < -0.39 is 10.0 Å². The van der Waals surface area contributed by atoms with E-state index in [4.69, 9.17) is 21.6 Å². The number of benzene rings is 2. The molecule has 158 valence electrons. The van der Waals surface area contributed by atoms with Crippen LogP contribution in [0.25, 0.3) is 0 Å². The zero-order valence-corrected chi connectivity index (χ0v) is 17.9. The third-order valence-corrected chi connectivity index (χ3v) is 5.99. The lowest BCUT2D eigenvalue weighted by Gasteiger charge is -2.10. The van der Waals surface area contributed by atoms with Crippen LogP contribution < -0.4 is 14.8 Å². The van der Waals surface area contributed by atoms with Gasteiger partial charge in [0.2, 0.25) is 15.9 Å². The van der Waals surface area contributed by atoms with E-state index in [2.05, 4.69) is 15.0 Å². The number of amides is 1. The number of aromatic nitrogens is 1. The minimum absolute atomic E-state index is 0.0372. The average molecular weight is 457 g/mol. The van der Waals surface area contributed by atoms with E-state index in [0.717, 1.165) is 0 Å². The van der Waals surface area contributed by atoms with E-state index in [9.17, 15) is 13.2 Å². The van der Waals surface area contributed by atoms with Crippen LogP contribution in [0.4, 0.5) is 0 Å². The molecule has 2 aromatic carbocycles. The molecule has 0 atom stereocenters. The number of rotatable bonds is 7. The summed E-state index contributed by atoms with van der Waals surface area (Å²) in [6.07, 6.45) is 1.36. The Hall–Kier alpha value is -3.45. The summed E-state index contributed by atoms with van der Waals surface area (Å²) in [4.78, 5) is 16.5. The van der Waals surface area contributed by atoms with Crippen LogP contribution in [0.5, 0.6) is 11.6 Å². The van der Waals surface area contributed by atoms with Gasteiger partial charge in [0.1, 0.15) is 5.75 Å². The third kappa shape index (κ3) is 5.58. The number of nitriles is 1. The quantitative estimate of drug-likeness (QED) is 0.563. The summed E-state index contributed by atoms with van der Waals surface area (Å²) in [5.74, 6) is 0.353. The molecule has 31 heavy (non-hydrogen) atoms. The maximum Gasteiger partial charge on any atom is 0.253 e. The van der Waals surface area contributed by atoms with Crippen LogP contribution in [-0.4, -0.2) is 26.4 Å². The minimum Gasteiger partial charge on any atom is -0.439 e. The van der Waals surface area contributed by atoms with Crippen molar-refractivity contribution in [3.63, 3.8) is 0 Å². The van der Waals surface area contributed by atoms with Crippen LogP contribution in [0, 0.1) is 11.3 Å². The second-order valence-corrected chi connectivity index (χ2v) is 8.56. The highest BCUT2D eigenvalue weighted by molar-refractivity contribution is 7.89.